The van der Waals surface area contributed by atoms with Gasteiger partial charge in [-0.05, 0) is 48.5 Å². The SMILES string of the molecule is CON(C(=O)c1ccc(C(=O)NO)cc1)c1ccc2occc2c1. The third-order valence-electron chi connectivity index (χ3n) is 3.53. The summed E-state index contributed by atoms with van der Waals surface area (Å²) in [7, 11) is 1.39. The van der Waals surface area contributed by atoms with Crippen LogP contribution in [0.5, 0.6) is 0 Å². The average Bonchev–Trinajstić information content (AvgIpc) is 3.09. The van der Waals surface area contributed by atoms with Crippen molar-refractivity contribution in [2.45, 2.75) is 0 Å². The fourth-order valence-corrected chi connectivity index (χ4v) is 2.33. The maximum absolute atomic E-state index is 12.6. The third kappa shape index (κ3) is 2.85. The number of carbonyl (C=O) groups is 2. The largest absolute Gasteiger partial charge is 0.464 e. The molecule has 0 bridgehead atoms. The van der Waals surface area contributed by atoms with Crippen molar-refractivity contribution in [3.8, 4) is 0 Å². The molecular weight excluding hydrogens is 312 g/mol. The van der Waals surface area contributed by atoms with Crippen LogP contribution in [0.1, 0.15) is 20.7 Å². The molecule has 0 saturated heterocycles. The summed E-state index contributed by atoms with van der Waals surface area (Å²) in [6, 6.07) is 12.9. The van der Waals surface area contributed by atoms with Gasteiger partial charge in [0.05, 0.1) is 19.1 Å². The molecule has 122 valence electrons. The number of furan rings is 1. The van der Waals surface area contributed by atoms with Crippen molar-refractivity contribution < 1.29 is 24.1 Å². The number of nitrogens with zero attached hydrogens (tertiary/aromatic N) is 1. The van der Waals surface area contributed by atoms with Crippen molar-refractivity contribution in [3.63, 3.8) is 0 Å². The molecule has 2 aromatic carbocycles. The van der Waals surface area contributed by atoms with Crippen molar-refractivity contribution in [1.29, 1.82) is 0 Å². The van der Waals surface area contributed by atoms with E-state index in [1.54, 1.807) is 30.5 Å². The van der Waals surface area contributed by atoms with E-state index in [4.69, 9.17) is 14.5 Å². The highest BCUT2D eigenvalue weighted by Gasteiger charge is 2.19. The second-order valence-corrected chi connectivity index (χ2v) is 4.94. The molecule has 0 radical (unpaired) electrons. The summed E-state index contributed by atoms with van der Waals surface area (Å²) in [5.41, 5.74) is 3.36. The molecule has 0 spiro atoms. The molecule has 0 saturated carbocycles. The molecular formula is C17H14N2O5. The molecule has 0 fully saturated rings. The highest BCUT2D eigenvalue weighted by molar-refractivity contribution is 6.06. The summed E-state index contributed by atoms with van der Waals surface area (Å²) in [6.07, 6.45) is 1.57. The lowest BCUT2D eigenvalue weighted by Gasteiger charge is -2.19. The van der Waals surface area contributed by atoms with Crippen LogP contribution in [0, 0.1) is 0 Å². The molecule has 3 rings (SSSR count). The summed E-state index contributed by atoms with van der Waals surface area (Å²) < 4.78 is 5.28. The van der Waals surface area contributed by atoms with Gasteiger partial charge in [0.25, 0.3) is 11.8 Å². The number of hydrogen-bond donors (Lipinski definition) is 2. The first-order valence-corrected chi connectivity index (χ1v) is 7.04. The predicted octanol–water partition coefficient (Wildman–Crippen LogP) is 2.76. The average molecular weight is 326 g/mol. The third-order valence-corrected chi connectivity index (χ3v) is 3.53. The van der Waals surface area contributed by atoms with Gasteiger partial charge in [-0.3, -0.25) is 19.6 Å². The second-order valence-electron chi connectivity index (χ2n) is 4.94. The zero-order valence-corrected chi connectivity index (χ0v) is 12.7. The minimum absolute atomic E-state index is 0.234. The monoisotopic (exact) mass is 326 g/mol. The Morgan fingerprint density at radius 2 is 1.79 bits per heavy atom. The summed E-state index contributed by atoms with van der Waals surface area (Å²) in [5.74, 6) is -1.04. The molecule has 0 unspecified atom stereocenters. The van der Waals surface area contributed by atoms with Crippen LogP contribution in [-0.4, -0.2) is 24.1 Å². The molecule has 1 heterocycles. The number of amides is 2. The normalized spacial score (nSPS) is 10.6. The van der Waals surface area contributed by atoms with Gasteiger partial charge in [0.2, 0.25) is 0 Å². The van der Waals surface area contributed by atoms with Gasteiger partial charge in [0.15, 0.2) is 0 Å². The van der Waals surface area contributed by atoms with Gasteiger partial charge in [0.1, 0.15) is 5.58 Å². The Hall–Kier alpha value is -3.16. The quantitative estimate of drug-likeness (QED) is 0.568. The van der Waals surface area contributed by atoms with E-state index in [0.717, 1.165) is 10.4 Å². The summed E-state index contributed by atoms with van der Waals surface area (Å²) >= 11 is 0. The van der Waals surface area contributed by atoms with Crippen molar-refractivity contribution in [2.75, 3.05) is 12.2 Å². The molecule has 2 N–H and O–H groups in total. The van der Waals surface area contributed by atoms with Gasteiger partial charge in [-0.15, -0.1) is 0 Å². The van der Waals surface area contributed by atoms with Gasteiger partial charge < -0.3 is 4.42 Å². The Labute approximate surface area is 137 Å². The van der Waals surface area contributed by atoms with Crippen LogP contribution >= 0.6 is 0 Å². The molecule has 2 amide bonds. The highest BCUT2D eigenvalue weighted by atomic mass is 16.7. The van der Waals surface area contributed by atoms with Crippen LogP contribution in [0.3, 0.4) is 0 Å². The fraction of sp³-hybridized carbons (Fsp3) is 0.0588. The highest BCUT2D eigenvalue weighted by Crippen LogP contribution is 2.24. The van der Waals surface area contributed by atoms with Crippen LogP contribution < -0.4 is 10.5 Å². The Balaban J connectivity index is 1.89. The van der Waals surface area contributed by atoms with Gasteiger partial charge >= 0.3 is 0 Å². The van der Waals surface area contributed by atoms with E-state index < -0.39 is 11.8 Å². The smallest absolute Gasteiger partial charge is 0.282 e. The van der Waals surface area contributed by atoms with E-state index in [1.807, 2.05) is 0 Å². The zero-order chi connectivity index (χ0) is 17.1. The standard InChI is InChI=1S/C17H14N2O5/c1-23-19(14-6-7-15-13(10-14)8-9-24-15)17(21)12-4-2-11(3-5-12)16(20)18-22/h2-10,22H,1H3,(H,18,20). The molecule has 3 aromatic rings. The molecule has 1 aromatic heterocycles. The summed E-state index contributed by atoms with van der Waals surface area (Å²) in [6.45, 7) is 0. The van der Waals surface area contributed by atoms with Gasteiger partial charge in [-0.25, -0.2) is 5.48 Å². The van der Waals surface area contributed by atoms with Crippen molar-refractivity contribution >= 4 is 28.5 Å². The minimum atomic E-state index is -0.650. The first kappa shape index (κ1) is 15.7. The van der Waals surface area contributed by atoms with Crippen molar-refractivity contribution in [3.05, 3.63) is 65.9 Å². The molecule has 0 aliphatic rings. The summed E-state index contributed by atoms with van der Waals surface area (Å²) in [5, 5.41) is 10.6. The van der Waals surface area contributed by atoms with E-state index >= 15 is 0 Å². The number of hydrogen-bond acceptors (Lipinski definition) is 5. The van der Waals surface area contributed by atoms with E-state index in [9.17, 15) is 9.59 Å². The van der Waals surface area contributed by atoms with Gasteiger partial charge in [-0.1, -0.05) is 0 Å². The molecule has 7 nitrogen and oxygen atoms in total. The van der Waals surface area contributed by atoms with E-state index in [0.29, 0.717) is 16.8 Å². The molecule has 0 aliphatic carbocycles. The van der Waals surface area contributed by atoms with Crippen LogP contribution in [0.15, 0.2) is 59.2 Å². The molecule has 0 aliphatic heterocycles. The second kappa shape index (κ2) is 6.53. The summed E-state index contributed by atoms with van der Waals surface area (Å²) in [4.78, 5) is 29.2. The maximum Gasteiger partial charge on any atom is 0.282 e. The number of rotatable bonds is 4. The Morgan fingerprint density at radius 1 is 1.08 bits per heavy atom. The lowest BCUT2D eigenvalue weighted by Crippen LogP contribution is -2.29. The molecule has 24 heavy (non-hydrogen) atoms. The Bertz CT molecular complexity index is 885. The van der Waals surface area contributed by atoms with Crippen molar-refractivity contribution in [2.24, 2.45) is 0 Å². The fourth-order valence-electron chi connectivity index (χ4n) is 2.33. The van der Waals surface area contributed by atoms with E-state index in [-0.39, 0.29) is 5.56 Å². The first-order valence-electron chi connectivity index (χ1n) is 7.04. The van der Waals surface area contributed by atoms with Crippen LogP contribution in [0.25, 0.3) is 11.0 Å². The zero-order valence-electron chi connectivity index (χ0n) is 12.7. The number of benzene rings is 2. The Kier molecular flexibility index (Phi) is 4.28. The number of anilines is 1. The number of fused-ring (bicyclic) bond motifs is 1. The predicted molar refractivity (Wildman–Crippen MR) is 85.7 cm³/mol. The number of hydroxylamine groups is 2. The van der Waals surface area contributed by atoms with E-state index in [1.165, 1.54) is 36.9 Å². The van der Waals surface area contributed by atoms with E-state index in [2.05, 4.69) is 0 Å². The lowest BCUT2D eigenvalue weighted by molar-refractivity contribution is 0.0705. The van der Waals surface area contributed by atoms with Crippen LogP contribution in [0.4, 0.5) is 5.69 Å². The van der Waals surface area contributed by atoms with Gasteiger partial charge in [-0.2, -0.15) is 5.06 Å². The minimum Gasteiger partial charge on any atom is -0.464 e. The lowest BCUT2D eigenvalue weighted by atomic mass is 10.1. The van der Waals surface area contributed by atoms with Crippen LogP contribution in [0.2, 0.25) is 0 Å². The first-order chi connectivity index (χ1) is 11.6. The van der Waals surface area contributed by atoms with Crippen LogP contribution in [-0.2, 0) is 4.84 Å². The van der Waals surface area contributed by atoms with Crippen molar-refractivity contribution in [1.82, 2.24) is 5.48 Å². The maximum atomic E-state index is 12.6. The Morgan fingerprint density at radius 3 is 2.46 bits per heavy atom. The van der Waals surface area contributed by atoms with Gasteiger partial charge in [0, 0.05) is 16.5 Å². The number of nitrogens with one attached hydrogen (secondary N) is 1. The molecule has 7 heteroatoms. The number of carbonyl (C=O) groups excluding carboxylic acids is 2. The topological polar surface area (TPSA) is 92.0 Å². The molecule has 0 atom stereocenters.